The van der Waals surface area contributed by atoms with Crippen molar-refractivity contribution in [3.05, 3.63) is 24.3 Å². The number of likely N-dealkylation sites (N-methyl/N-ethyl adjacent to an activating group) is 1. The summed E-state index contributed by atoms with van der Waals surface area (Å²) in [6.07, 6.45) is 0. The van der Waals surface area contributed by atoms with Gasteiger partial charge in [0.1, 0.15) is 0 Å². The molecule has 1 rings (SSSR count). The van der Waals surface area contributed by atoms with Crippen LogP contribution in [0, 0.1) is 0 Å². The molecule has 0 bridgehead atoms. The summed E-state index contributed by atoms with van der Waals surface area (Å²) in [5.74, 6) is 0. The summed E-state index contributed by atoms with van der Waals surface area (Å²) in [6.45, 7) is 0.404. The maximum Gasteiger partial charge on any atom is 0.242 e. The van der Waals surface area contributed by atoms with Gasteiger partial charge in [0.25, 0.3) is 0 Å². The molecule has 0 fully saturated rings. The van der Waals surface area contributed by atoms with Crippen molar-refractivity contribution >= 4 is 20.0 Å². The van der Waals surface area contributed by atoms with E-state index in [1.165, 1.54) is 38.4 Å². The first kappa shape index (κ1) is 16.1. The highest BCUT2D eigenvalue weighted by atomic mass is 32.2. The number of benzene rings is 1. The van der Waals surface area contributed by atoms with E-state index in [1.54, 1.807) is 0 Å². The average Bonchev–Trinajstić information content (AvgIpc) is 2.39. The molecule has 0 aliphatic rings. The predicted molar refractivity (Wildman–Crippen MR) is 71.6 cm³/mol. The minimum atomic E-state index is -3.63. The van der Waals surface area contributed by atoms with Crippen LogP contribution < -0.4 is 10.5 Å². The van der Waals surface area contributed by atoms with Crippen LogP contribution in [0.5, 0.6) is 0 Å². The molecule has 0 aliphatic heterocycles. The van der Waals surface area contributed by atoms with Gasteiger partial charge in [-0.1, -0.05) is 0 Å². The first-order chi connectivity index (χ1) is 8.75. The van der Waals surface area contributed by atoms with Crippen LogP contribution in [0.15, 0.2) is 34.1 Å². The van der Waals surface area contributed by atoms with Gasteiger partial charge in [-0.25, -0.2) is 21.6 Å². The molecule has 0 atom stereocenters. The monoisotopic (exact) mass is 307 g/mol. The fourth-order valence-corrected chi connectivity index (χ4v) is 3.31. The lowest BCUT2D eigenvalue weighted by atomic mass is 10.4. The van der Waals surface area contributed by atoms with Gasteiger partial charge in [-0.15, -0.1) is 0 Å². The fourth-order valence-electron chi connectivity index (χ4n) is 1.39. The molecule has 0 aliphatic carbocycles. The summed E-state index contributed by atoms with van der Waals surface area (Å²) in [5.41, 5.74) is 5.31. The summed E-state index contributed by atoms with van der Waals surface area (Å²) in [5, 5.41) is 0. The number of sulfonamides is 2. The van der Waals surface area contributed by atoms with E-state index in [2.05, 4.69) is 4.72 Å². The third-order valence-corrected chi connectivity index (χ3v) is 5.86. The SMILES string of the molecule is CNS(=O)(=O)c1ccc(S(=O)(=O)N(C)CCN)cc1. The van der Waals surface area contributed by atoms with Gasteiger partial charge < -0.3 is 5.73 Å². The van der Waals surface area contributed by atoms with E-state index in [-0.39, 0.29) is 22.9 Å². The molecule has 108 valence electrons. The third-order valence-electron chi connectivity index (χ3n) is 2.55. The highest BCUT2D eigenvalue weighted by molar-refractivity contribution is 7.89. The van der Waals surface area contributed by atoms with Crippen LogP contribution in [0.3, 0.4) is 0 Å². The number of rotatable bonds is 6. The van der Waals surface area contributed by atoms with Crippen LogP contribution in [0.25, 0.3) is 0 Å². The molecule has 0 radical (unpaired) electrons. The van der Waals surface area contributed by atoms with Crippen LogP contribution in [0.4, 0.5) is 0 Å². The summed E-state index contributed by atoms with van der Waals surface area (Å²) in [4.78, 5) is 0.0360. The number of nitrogens with one attached hydrogen (secondary N) is 1. The Hall–Kier alpha value is -1.00. The van der Waals surface area contributed by atoms with Gasteiger partial charge >= 0.3 is 0 Å². The van der Waals surface area contributed by atoms with E-state index in [1.807, 2.05) is 0 Å². The molecule has 9 heteroatoms. The number of hydrogen-bond donors (Lipinski definition) is 2. The van der Waals surface area contributed by atoms with Gasteiger partial charge in [-0.3, -0.25) is 0 Å². The summed E-state index contributed by atoms with van der Waals surface area (Å²) < 4.78 is 50.4. The molecule has 19 heavy (non-hydrogen) atoms. The van der Waals surface area contributed by atoms with Crippen molar-refractivity contribution < 1.29 is 16.8 Å². The molecule has 0 saturated carbocycles. The van der Waals surface area contributed by atoms with Gasteiger partial charge in [0.2, 0.25) is 20.0 Å². The Labute approximate surface area is 113 Å². The smallest absolute Gasteiger partial charge is 0.242 e. The van der Waals surface area contributed by atoms with Crippen LogP contribution in [0.1, 0.15) is 0 Å². The highest BCUT2D eigenvalue weighted by Gasteiger charge is 2.21. The largest absolute Gasteiger partial charge is 0.329 e. The summed E-state index contributed by atoms with van der Waals surface area (Å²) in [6, 6.07) is 5.00. The third kappa shape index (κ3) is 3.51. The van der Waals surface area contributed by atoms with Gasteiger partial charge in [-0.05, 0) is 31.3 Å². The van der Waals surface area contributed by atoms with E-state index in [9.17, 15) is 16.8 Å². The topological polar surface area (TPSA) is 110 Å². The number of nitrogens with two attached hydrogens (primary N) is 1. The molecular formula is C10H17N3O4S2. The Morgan fingerprint density at radius 3 is 2.00 bits per heavy atom. The number of nitrogens with zero attached hydrogens (tertiary/aromatic N) is 1. The molecule has 0 amide bonds. The minimum Gasteiger partial charge on any atom is -0.329 e. The first-order valence-electron chi connectivity index (χ1n) is 5.45. The molecule has 3 N–H and O–H groups in total. The lowest BCUT2D eigenvalue weighted by Gasteiger charge is -2.16. The zero-order chi connectivity index (χ0) is 14.7. The van der Waals surface area contributed by atoms with E-state index in [0.29, 0.717) is 0 Å². The second-order valence-electron chi connectivity index (χ2n) is 3.79. The first-order valence-corrected chi connectivity index (χ1v) is 8.38. The second kappa shape index (κ2) is 5.97. The molecular weight excluding hydrogens is 290 g/mol. The van der Waals surface area contributed by atoms with Crippen LogP contribution in [0.2, 0.25) is 0 Å². The maximum absolute atomic E-state index is 12.1. The van der Waals surface area contributed by atoms with Gasteiger partial charge in [0.05, 0.1) is 9.79 Å². The van der Waals surface area contributed by atoms with Crippen LogP contribution in [-0.2, 0) is 20.0 Å². The lowest BCUT2D eigenvalue weighted by molar-refractivity contribution is 0.476. The highest BCUT2D eigenvalue weighted by Crippen LogP contribution is 2.17. The Balaban J connectivity index is 3.13. The van der Waals surface area contributed by atoms with Crippen molar-refractivity contribution in [2.24, 2.45) is 5.73 Å². The number of hydrogen-bond acceptors (Lipinski definition) is 5. The summed E-state index contributed by atoms with van der Waals surface area (Å²) >= 11 is 0. The standard InChI is InChI=1S/C10H17N3O4S2/c1-12-18(14,15)9-3-5-10(6-4-9)19(16,17)13(2)8-7-11/h3-6,12H,7-8,11H2,1-2H3. The van der Waals surface area contributed by atoms with Crippen molar-refractivity contribution in [2.45, 2.75) is 9.79 Å². The molecule has 1 aromatic rings. The van der Waals surface area contributed by atoms with Crippen molar-refractivity contribution in [2.75, 3.05) is 27.2 Å². The molecule has 0 unspecified atom stereocenters. The Morgan fingerprint density at radius 1 is 1.11 bits per heavy atom. The zero-order valence-electron chi connectivity index (χ0n) is 10.7. The molecule has 0 spiro atoms. The molecule has 0 heterocycles. The Bertz CT molecular complexity index is 623. The molecule has 1 aromatic carbocycles. The van der Waals surface area contributed by atoms with Crippen LogP contribution >= 0.6 is 0 Å². The van der Waals surface area contributed by atoms with Crippen molar-refractivity contribution in [3.63, 3.8) is 0 Å². The maximum atomic E-state index is 12.1. The van der Waals surface area contributed by atoms with Crippen molar-refractivity contribution in [1.82, 2.24) is 9.03 Å². The summed E-state index contributed by atoms with van der Waals surface area (Å²) in [7, 11) is -4.50. The molecule has 7 nitrogen and oxygen atoms in total. The van der Waals surface area contributed by atoms with Gasteiger partial charge in [0.15, 0.2) is 0 Å². The van der Waals surface area contributed by atoms with Crippen LogP contribution in [-0.4, -0.2) is 48.3 Å². The minimum absolute atomic E-state index is 0.00966. The Kier molecular flexibility index (Phi) is 5.04. The van der Waals surface area contributed by atoms with E-state index in [0.717, 1.165) is 4.31 Å². The van der Waals surface area contributed by atoms with E-state index < -0.39 is 20.0 Å². The van der Waals surface area contributed by atoms with Crippen molar-refractivity contribution in [1.29, 1.82) is 0 Å². The quantitative estimate of drug-likeness (QED) is 0.713. The van der Waals surface area contributed by atoms with E-state index in [4.69, 9.17) is 5.73 Å². The Morgan fingerprint density at radius 2 is 1.58 bits per heavy atom. The van der Waals surface area contributed by atoms with Gasteiger partial charge in [-0.2, -0.15) is 4.31 Å². The van der Waals surface area contributed by atoms with Crippen molar-refractivity contribution in [3.8, 4) is 0 Å². The molecule has 0 aromatic heterocycles. The normalized spacial score (nSPS) is 12.8. The second-order valence-corrected chi connectivity index (χ2v) is 7.73. The van der Waals surface area contributed by atoms with E-state index >= 15 is 0 Å². The molecule has 0 saturated heterocycles. The zero-order valence-corrected chi connectivity index (χ0v) is 12.3. The lowest BCUT2D eigenvalue weighted by Crippen LogP contribution is -2.31. The average molecular weight is 307 g/mol. The predicted octanol–water partition coefficient (Wildman–Crippen LogP) is -0.826. The van der Waals surface area contributed by atoms with Gasteiger partial charge in [0, 0.05) is 20.1 Å². The fraction of sp³-hybridized carbons (Fsp3) is 0.400.